The summed E-state index contributed by atoms with van der Waals surface area (Å²) in [6.45, 7) is 1.63. The fourth-order valence-electron chi connectivity index (χ4n) is 1.49. The molecule has 0 saturated carbocycles. The van der Waals surface area contributed by atoms with Crippen molar-refractivity contribution >= 4 is 0 Å². The van der Waals surface area contributed by atoms with Crippen LogP contribution in [0.15, 0.2) is 5.11 Å². The summed E-state index contributed by atoms with van der Waals surface area (Å²) in [5, 5.41) is 31.3. The molecule has 0 unspecified atom stereocenters. The van der Waals surface area contributed by atoms with Crippen molar-refractivity contribution in [3.8, 4) is 0 Å². The Morgan fingerprint density at radius 2 is 1.94 bits per heavy atom. The first-order chi connectivity index (χ1) is 7.67. The van der Waals surface area contributed by atoms with Gasteiger partial charge < -0.3 is 15.3 Å². The highest BCUT2D eigenvalue weighted by Crippen LogP contribution is 2.12. The van der Waals surface area contributed by atoms with E-state index in [9.17, 15) is 10.2 Å². The minimum absolute atomic E-state index is 0.457. The summed E-state index contributed by atoms with van der Waals surface area (Å²) in [5.74, 6) is 0. The van der Waals surface area contributed by atoms with Gasteiger partial charge in [-0.25, -0.2) is 0 Å². The molecule has 6 heteroatoms. The topological polar surface area (TPSA) is 109 Å². The zero-order chi connectivity index (χ0) is 12.4. The summed E-state index contributed by atoms with van der Waals surface area (Å²) in [4.78, 5) is 2.51. The van der Waals surface area contributed by atoms with Crippen molar-refractivity contribution in [3.05, 3.63) is 10.4 Å². The molecule has 0 amide bonds. The van der Waals surface area contributed by atoms with Crippen LogP contribution in [-0.4, -0.2) is 40.2 Å². The molecule has 3 atom stereocenters. The average Bonchev–Trinajstić information content (AvgIpc) is 2.30. The maximum absolute atomic E-state index is 9.60. The Labute approximate surface area is 95.5 Å². The van der Waals surface area contributed by atoms with Gasteiger partial charge in [-0.2, -0.15) is 0 Å². The Bertz CT molecular complexity index is 219. The molecule has 0 bridgehead atoms. The second-order valence-electron chi connectivity index (χ2n) is 3.86. The number of unbranched alkanes of at least 4 members (excludes halogenated alkanes) is 3. The van der Waals surface area contributed by atoms with Crippen molar-refractivity contribution in [3.63, 3.8) is 0 Å². The molecule has 6 nitrogen and oxygen atoms in total. The highest BCUT2D eigenvalue weighted by atomic mass is 16.3. The van der Waals surface area contributed by atoms with E-state index in [1.165, 1.54) is 0 Å². The molecule has 0 aliphatic rings. The molecule has 94 valence electrons. The summed E-state index contributed by atoms with van der Waals surface area (Å²) in [7, 11) is 0. The van der Waals surface area contributed by atoms with E-state index in [1.54, 1.807) is 0 Å². The van der Waals surface area contributed by atoms with Crippen LogP contribution < -0.4 is 0 Å². The summed E-state index contributed by atoms with van der Waals surface area (Å²) in [5.41, 5.74) is 8.20. The molecule has 0 saturated heterocycles. The van der Waals surface area contributed by atoms with Gasteiger partial charge in [0.2, 0.25) is 0 Å². The third-order valence-electron chi connectivity index (χ3n) is 2.53. The Balaban J connectivity index is 3.95. The van der Waals surface area contributed by atoms with Gasteiger partial charge in [0, 0.05) is 4.91 Å². The van der Waals surface area contributed by atoms with Crippen LogP contribution >= 0.6 is 0 Å². The summed E-state index contributed by atoms with van der Waals surface area (Å²) in [6.07, 6.45) is 2.35. The van der Waals surface area contributed by atoms with E-state index in [4.69, 9.17) is 10.6 Å². The van der Waals surface area contributed by atoms with E-state index in [1.807, 2.05) is 0 Å². The smallest absolute Gasteiger partial charge is 0.0905 e. The molecule has 0 aliphatic carbocycles. The minimum Gasteiger partial charge on any atom is -0.396 e. The molecule has 0 rings (SSSR count). The lowest BCUT2D eigenvalue weighted by Crippen LogP contribution is -2.38. The van der Waals surface area contributed by atoms with Crippen LogP contribution in [0.5, 0.6) is 0 Å². The van der Waals surface area contributed by atoms with Gasteiger partial charge in [0.15, 0.2) is 0 Å². The normalized spacial score (nSPS) is 16.2. The minimum atomic E-state index is -1.19. The van der Waals surface area contributed by atoms with Gasteiger partial charge in [-0.1, -0.05) is 37.7 Å². The average molecular weight is 231 g/mol. The Morgan fingerprint density at radius 3 is 2.44 bits per heavy atom. The van der Waals surface area contributed by atoms with Crippen LogP contribution in [0.3, 0.4) is 0 Å². The maximum atomic E-state index is 9.60. The maximum Gasteiger partial charge on any atom is 0.0905 e. The third-order valence-corrected chi connectivity index (χ3v) is 2.53. The lowest BCUT2D eigenvalue weighted by Gasteiger charge is -2.21. The molecule has 0 aromatic heterocycles. The van der Waals surface area contributed by atoms with Crippen molar-refractivity contribution in [1.29, 1.82) is 0 Å². The molecule has 16 heavy (non-hydrogen) atoms. The van der Waals surface area contributed by atoms with Crippen molar-refractivity contribution in [2.75, 3.05) is 6.61 Å². The first-order valence-corrected chi connectivity index (χ1v) is 5.68. The van der Waals surface area contributed by atoms with Crippen LogP contribution in [0.25, 0.3) is 10.4 Å². The molecular weight excluding hydrogens is 210 g/mol. The second kappa shape index (κ2) is 9.42. The van der Waals surface area contributed by atoms with Crippen LogP contribution in [-0.2, 0) is 0 Å². The van der Waals surface area contributed by atoms with Gasteiger partial charge >= 0.3 is 0 Å². The molecule has 3 N–H and O–H groups in total. The highest BCUT2D eigenvalue weighted by Gasteiger charge is 2.24. The van der Waals surface area contributed by atoms with Gasteiger partial charge in [-0.05, 0) is 12.0 Å². The van der Waals surface area contributed by atoms with Crippen LogP contribution in [0.1, 0.15) is 39.0 Å². The Morgan fingerprint density at radius 1 is 1.25 bits per heavy atom. The molecule has 0 spiro atoms. The van der Waals surface area contributed by atoms with Crippen molar-refractivity contribution in [1.82, 2.24) is 0 Å². The van der Waals surface area contributed by atoms with E-state index in [0.29, 0.717) is 6.42 Å². The summed E-state index contributed by atoms with van der Waals surface area (Å²) < 4.78 is 0. The molecule has 0 heterocycles. The van der Waals surface area contributed by atoms with Crippen molar-refractivity contribution in [2.45, 2.75) is 57.3 Å². The van der Waals surface area contributed by atoms with E-state index >= 15 is 0 Å². The van der Waals surface area contributed by atoms with Gasteiger partial charge in [0.05, 0.1) is 24.9 Å². The summed E-state index contributed by atoms with van der Waals surface area (Å²) in [6, 6.07) is -0.967. The lowest BCUT2D eigenvalue weighted by atomic mass is 10.0. The number of aliphatic hydroxyl groups excluding tert-OH is 3. The zero-order valence-corrected chi connectivity index (χ0v) is 9.66. The van der Waals surface area contributed by atoms with E-state index in [2.05, 4.69) is 16.9 Å². The second-order valence-corrected chi connectivity index (χ2v) is 3.86. The SMILES string of the molecule is CCCCCC[C@@H](O)[C@@H](O)[C@H](CO)N=[N+]=[N-]. The van der Waals surface area contributed by atoms with Crippen LogP contribution in [0.4, 0.5) is 0 Å². The van der Waals surface area contributed by atoms with Crippen LogP contribution in [0, 0.1) is 0 Å². The Hall–Kier alpha value is -0.810. The van der Waals surface area contributed by atoms with Gasteiger partial charge in [0.25, 0.3) is 0 Å². The Kier molecular flexibility index (Phi) is 8.94. The van der Waals surface area contributed by atoms with Crippen molar-refractivity contribution in [2.24, 2.45) is 5.11 Å². The number of aliphatic hydroxyl groups is 3. The summed E-state index contributed by atoms with van der Waals surface area (Å²) >= 11 is 0. The molecule has 0 aromatic carbocycles. The highest BCUT2D eigenvalue weighted by molar-refractivity contribution is 4.81. The van der Waals surface area contributed by atoms with E-state index in [0.717, 1.165) is 25.7 Å². The molecule has 0 fully saturated rings. The number of hydrogen-bond donors (Lipinski definition) is 3. The molecular formula is C10H21N3O3. The largest absolute Gasteiger partial charge is 0.396 e. The molecule has 0 radical (unpaired) electrons. The number of hydrogen-bond acceptors (Lipinski definition) is 4. The number of nitrogens with zero attached hydrogens (tertiary/aromatic N) is 3. The monoisotopic (exact) mass is 231 g/mol. The predicted octanol–water partition coefficient (Wildman–Crippen LogP) is 1.35. The number of azide groups is 1. The van der Waals surface area contributed by atoms with Gasteiger partial charge in [0.1, 0.15) is 0 Å². The predicted molar refractivity (Wildman–Crippen MR) is 60.8 cm³/mol. The standard InChI is InChI=1S/C10H21N3O3/c1-2-3-4-5-6-9(15)10(16)8(7-14)12-13-11/h8-10,14-16H,2-7H2,1H3/t8-,9+,10-/m0/s1. The van der Waals surface area contributed by atoms with Gasteiger partial charge in [-0.3, -0.25) is 0 Å². The number of rotatable bonds is 9. The van der Waals surface area contributed by atoms with Crippen molar-refractivity contribution < 1.29 is 15.3 Å². The molecule has 0 aliphatic heterocycles. The van der Waals surface area contributed by atoms with E-state index in [-0.39, 0.29) is 0 Å². The molecule has 0 aromatic rings. The zero-order valence-electron chi connectivity index (χ0n) is 9.66. The fourth-order valence-corrected chi connectivity index (χ4v) is 1.49. The first-order valence-electron chi connectivity index (χ1n) is 5.68. The lowest BCUT2D eigenvalue weighted by molar-refractivity contribution is -0.0120. The van der Waals surface area contributed by atoms with Crippen LogP contribution in [0.2, 0.25) is 0 Å². The first kappa shape index (κ1) is 15.2. The van der Waals surface area contributed by atoms with Gasteiger partial charge in [-0.15, -0.1) is 0 Å². The quantitative estimate of drug-likeness (QED) is 0.241. The third kappa shape index (κ3) is 5.92. The van der Waals surface area contributed by atoms with E-state index < -0.39 is 24.9 Å². The fraction of sp³-hybridized carbons (Fsp3) is 1.00.